The number of methoxy groups -OCH3 is 1. The second kappa shape index (κ2) is 5.89. The summed E-state index contributed by atoms with van der Waals surface area (Å²) in [6.07, 6.45) is 0.290. The Morgan fingerprint density at radius 2 is 2.31 bits per heavy atom. The summed E-state index contributed by atoms with van der Waals surface area (Å²) >= 11 is 0. The van der Waals surface area contributed by atoms with Gasteiger partial charge in [0.05, 0.1) is 24.8 Å². The predicted molar refractivity (Wildman–Crippen MR) is 56.3 cm³/mol. The molecule has 84 valence electrons. The van der Waals surface area contributed by atoms with Crippen LogP contribution in [0.1, 0.15) is 22.3 Å². The molecule has 16 heavy (non-hydrogen) atoms. The van der Waals surface area contributed by atoms with E-state index in [0.717, 1.165) is 6.07 Å². The van der Waals surface area contributed by atoms with E-state index in [9.17, 15) is 9.18 Å². The van der Waals surface area contributed by atoms with Crippen molar-refractivity contribution < 1.29 is 19.0 Å². The third kappa shape index (κ3) is 3.07. The quantitative estimate of drug-likeness (QED) is 0.606. The highest BCUT2D eigenvalue weighted by Gasteiger charge is 2.08. The molecule has 0 saturated heterocycles. The molecule has 0 aromatic heterocycles. The smallest absolute Gasteiger partial charge is 0.337 e. The fourth-order valence-corrected chi connectivity index (χ4v) is 1.07. The number of hydrogen-bond donors (Lipinski definition) is 1. The third-order valence-electron chi connectivity index (χ3n) is 1.85. The largest absolute Gasteiger partial charge is 0.465 e. The van der Waals surface area contributed by atoms with Gasteiger partial charge in [-0.2, -0.15) is 0 Å². The van der Waals surface area contributed by atoms with Gasteiger partial charge in [-0.3, -0.25) is 0 Å². The van der Waals surface area contributed by atoms with E-state index in [0.29, 0.717) is 0 Å². The van der Waals surface area contributed by atoms with Crippen molar-refractivity contribution in [2.24, 2.45) is 0 Å². The zero-order valence-corrected chi connectivity index (χ0v) is 8.79. The number of rotatable bonds is 2. The van der Waals surface area contributed by atoms with Crippen LogP contribution in [0.25, 0.3) is 0 Å². The van der Waals surface area contributed by atoms with Crippen molar-refractivity contribution in [1.82, 2.24) is 0 Å². The SMILES string of the molecule is COC(=O)c1ccc(C#CCCO)c(F)c1. The molecule has 0 aliphatic rings. The number of benzene rings is 1. The minimum atomic E-state index is -0.589. The molecule has 1 aromatic rings. The van der Waals surface area contributed by atoms with Crippen molar-refractivity contribution in [3.63, 3.8) is 0 Å². The Labute approximate surface area is 92.9 Å². The number of esters is 1. The van der Waals surface area contributed by atoms with Crippen LogP contribution in [-0.4, -0.2) is 24.8 Å². The summed E-state index contributed by atoms with van der Waals surface area (Å²) in [5.41, 5.74) is 0.341. The molecule has 1 N–H and O–H groups in total. The van der Waals surface area contributed by atoms with E-state index in [1.165, 1.54) is 19.2 Å². The van der Waals surface area contributed by atoms with Crippen LogP contribution in [0.4, 0.5) is 4.39 Å². The van der Waals surface area contributed by atoms with Gasteiger partial charge in [-0.15, -0.1) is 0 Å². The van der Waals surface area contributed by atoms with Crippen LogP contribution in [0, 0.1) is 17.7 Å². The van der Waals surface area contributed by atoms with Gasteiger partial charge >= 0.3 is 5.97 Å². The molecule has 0 fully saturated rings. The second-order valence-electron chi connectivity index (χ2n) is 2.96. The maximum atomic E-state index is 13.4. The summed E-state index contributed by atoms with van der Waals surface area (Å²) in [5, 5.41) is 8.50. The maximum absolute atomic E-state index is 13.4. The van der Waals surface area contributed by atoms with Crippen LogP contribution in [0.15, 0.2) is 18.2 Å². The average Bonchev–Trinajstić information content (AvgIpc) is 2.30. The lowest BCUT2D eigenvalue weighted by Gasteiger charge is -2.00. The lowest BCUT2D eigenvalue weighted by molar-refractivity contribution is 0.0600. The van der Waals surface area contributed by atoms with Gasteiger partial charge in [0.15, 0.2) is 0 Å². The van der Waals surface area contributed by atoms with Crippen LogP contribution in [-0.2, 0) is 4.74 Å². The Balaban J connectivity index is 2.93. The maximum Gasteiger partial charge on any atom is 0.337 e. The monoisotopic (exact) mass is 222 g/mol. The Morgan fingerprint density at radius 1 is 1.56 bits per heavy atom. The molecule has 0 aliphatic carbocycles. The topological polar surface area (TPSA) is 46.5 Å². The summed E-state index contributed by atoms with van der Waals surface area (Å²) in [7, 11) is 1.23. The Morgan fingerprint density at radius 3 is 2.88 bits per heavy atom. The molecule has 0 heterocycles. The number of carbonyl (C=O) groups is 1. The molecule has 0 amide bonds. The fraction of sp³-hybridized carbons (Fsp3) is 0.250. The molecule has 0 aliphatic heterocycles. The van der Waals surface area contributed by atoms with Gasteiger partial charge in [-0.25, -0.2) is 9.18 Å². The van der Waals surface area contributed by atoms with Gasteiger partial charge in [0.2, 0.25) is 0 Å². The lowest BCUT2D eigenvalue weighted by Crippen LogP contribution is -2.02. The summed E-state index contributed by atoms with van der Waals surface area (Å²) < 4.78 is 17.9. The molecule has 0 radical (unpaired) electrons. The number of aliphatic hydroxyl groups is 1. The minimum Gasteiger partial charge on any atom is -0.465 e. The van der Waals surface area contributed by atoms with Gasteiger partial charge < -0.3 is 9.84 Å². The van der Waals surface area contributed by atoms with E-state index < -0.39 is 11.8 Å². The normalized spacial score (nSPS) is 9.19. The Hall–Kier alpha value is -1.86. The van der Waals surface area contributed by atoms with E-state index in [2.05, 4.69) is 16.6 Å². The van der Waals surface area contributed by atoms with Crippen molar-refractivity contribution in [3.8, 4) is 11.8 Å². The van der Waals surface area contributed by atoms with E-state index >= 15 is 0 Å². The molecule has 0 unspecified atom stereocenters. The van der Waals surface area contributed by atoms with Crippen molar-refractivity contribution in [1.29, 1.82) is 0 Å². The van der Waals surface area contributed by atoms with E-state index in [1.54, 1.807) is 0 Å². The summed E-state index contributed by atoms with van der Waals surface area (Å²) in [5.74, 6) is 3.99. The molecule has 3 nitrogen and oxygen atoms in total. The fourth-order valence-electron chi connectivity index (χ4n) is 1.07. The first-order valence-corrected chi connectivity index (χ1v) is 4.66. The first kappa shape index (κ1) is 12.2. The summed E-state index contributed by atoms with van der Waals surface area (Å²) in [4.78, 5) is 11.1. The lowest BCUT2D eigenvalue weighted by atomic mass is 10.1. The number of carbonyl (C=O) groups excluding carboxylic acids is 1. The standard InChI is InChI=1S/C12H11FO3/c1-16-12(15)10-6-5-9(11(13)8-10)4-2-3-7-14/h5-6,8,14H,3,7H2,1H3. The van der Waals surface area contributed by atoms with E-state index in [-0.39, 0.29) is 24.2 Å². The number of aliphatic hydroxyl groups excluding tert-OH is 1. The van der Waals surface area contributed by atoms with Gasteiger partial charge in [0, 0.05) is 6.42 Å². The molecule has 0 spiro atoms. The average molecular weight is 222 g/mol. The second-order valence-corrected chi connectivity index (χ2v) is 2.96. The summed E-state index contributed by atoms with van der Waals surface area (Å²) in [6.45, 7) is -0.0607. The van der Waals surface area contributed by atoms with Crippen LogP contribution in [0.3, 0.4) is 0 Å². The van der Waals surface area contributed by atoms with Gasteiger partial charge in [0.1, 0.15) is 5.82 Å². The van der Waals surface area contributed by atoms with Crippen LogP contribution >= 0.6 is 0 Å². The molecule has 0 saturated carbocycles. The van der Waals surface area contributed by atoms with Gasteiger partial charge in [-0.1, -0.05) is 11.8 Å². The van der Waals surface area contributed by atoms with E-state index in [4.69, 9.17) is 5.11 Å². The first-order valence-electron chi connectivity index (χ1n) is 4.66. The molecular formula is C12H11FO3. The third-order valence-corrected chi connectivity index (χ3v) is 1.85. The van der Waals surface area contributed by atoms with Crippen molar-refractivity contribution in [3.05, 3.63) is 35.1 Å². The highest BCUT2D eigenvalue weighted by atomic mass is 19.1. The molecule has 4 heteroatoms. The number of halogens is 1. The first-order chi connectivity index (χ1) is 7.69. The zero-order chi connectivity index (χ0) is 12.0. The van der Waals surface area contributed by atoms with Gasteiger partial charge in [0.25, 0.3) is 0 Å². The highest BCUT2D eigenvalue weighted by Crippen LogP contribution is 2.10. The molecular weight excluding hydrogens is 211 g/mol. The van der Waals surface area contributed by atoms with Crippen LogP contribution < -0.4 is 0 Å². The van der Waals surface area contributed by atoms with Gasteiger partial charge in [-0.05, 0) is 18.2 Å². The highest BCUT2D eigenvalue weighted by molar-refractivity contribution is 5.89. The molecule has 1 aromatic carbocycles. The Kier molecular flexibility index (Phi) is 4.49. The van der Waals surface area contributed by atoms with Crippen molar-refractivity contribution in [2.75, 3.05) is 13.7 Å². The van der Waals surface area contributed by atoms with Crippen molar-refractivity contribution >= 4 is 5.97 Å². The Bertz CT molecular complexity index is 443. The number of ether oxygens (including phenoxy) is 1. The molecule has 0 bridgehead atoms. The van der Waals surface area contributed by atoms with Crippen molar-refractivity contribution in [2.45, 2.75) is 6.42 Å². The zero-order valence-electron chi connectivity index (χ0n) is 8.79. The number of hydrogen-bond acceptors (Lipinski definition) is 3. The predicted octanol–water partition coefficient (Wildman–Crippen LogP) is 1.35. The van der Waals surface area contributed by atoms with E-state index in [1.807, 2.05) is 0 Å². The van der Waals surface area contributed by atoms with Crippen LogP contribution in [0.2, 0.25) is 0 Å². The molecule has 0 atom stereocenters. The summed E-state index contributed by atoms with van der Waals surface area (Å²) in [6, 6.07) is 3.93. The van der Waals surface area contributed by atoms with Crippen LogP contribution in [0.5, 0.6) is 0 Å². The minimum absolute atomic E-state index is 0.0607. The molecule has 1 rings (SSSR count).